The minimum Gasteiger partial charge on any atom is -0.445 e. The summed E-state index contributed by atoms with van der Waals surface area (Å²) >= 11 is 0. The van der Waals surface area contributed by atoms with Gasteiger partial charge in [-0.2, -0.15) is 0 Å². The molecule has 1 saturated carbocycles. The number of carbonyl (C=O) groups excluding carboxylic acids is 2. The van der Waals surface area contributed by atoms with Crippen LogP contribution in [-0.4, -0.2) is 22.6 Å². The van der Waals surface area contributed by atoms with Gasteiger partial charge in [-0.3, -0.25) is 4.79 Å². The lowest BCUT2D eigenvalue weighted by Crippen LogP contribution is -2.43. The number of ether oxygens (including phenoxy) is 1. The summed E-state index contributed by atoms with van der Waals surface area (Å²) in [6, 6.07) is 26.2. The minimum absolute atomic E-state index is 0.0865. The molecule has 35 heavy (non-hydrogen) atoms. The molecule has 0 radical (unpaired) electrons. The molecule has 1 heterocycles. The van der Waals surface area contributed by atoms with E-state index in [2.05, 4.69) is 57.8 Å². The van der Waals surface area contributed by atoms with Crippen LogP contribution in [0.3, 0.4) is 0 Å². The van der Waals surface area contributed by atoms with Crippen LogP contribution in [0.2, 0.25) is 0 Å². The molecule has 0 unspecified atom stereocenters. The second-order valence-electron chi connectivity index (χ2n) is 9.18. The molecule has 2 N–H and O–H groups in total. The zero-order chi connectivity index (χ0) is 24.2. The average molecular weight is 468 g/mol. The fourth-order valence-corrected chi connectivity index (χ4v) is 4.76. The predicted octanol–water partition coefficient (Wildman–Crippen LogP) is 5.82. The summed E-state index contributed by atoms with van der Waals surface area (Å²) in [6.45, 7) is 2.56. The molecule has 1 aliphatic rings. The van der Waals surface area contributed by atoms with E-state index >= 15 is 0 Å². The van der Waals surface area contributed by atoms with E-state index in [1.165, 1.54) is 18.1 Å². The first-order valence-corrected chi connectivity index (χ1v) is 12.0. The lowest BCUT2D eigenvalue weighted by molar-refractivity contribution is -0.114. The molecule has 6 heteroatoms. The van der Waals surface area contributed by atoms with E-state index < -0.39 is 0 Å². The Morgan fingerprint density at radius 2 is 1.63 bits per heavy atom. The van der Waals surface area contributed by atoms with Gasteiger partial charge in [0, 0.05) is 42.3 Å². The zero-order valence-electron chi connectivity index (χ0n) is 19.7. The number of fused-ring (bicyclic) bond motifs is 1. The molecule has 0 bridgehead atoms. The van der Waals surface area contributed by atoms with E-state index in [9.17, 15) is 9.59 Å². The van der Waals surface area contributed by atoms with Crippen LogP contribution in [0.4, 0.5) is 10.5 Å². The average Bonchev–Trinajstić information content (AvgIpc) is 3.17. The van der Waals surface area contributed by atoms with Gasteiger partial charge in [0.15, 0.2) is 0 Å². The second-order valence-corrected chi connectivity index (χ2v) is 9.18. The molecule has 6 nitrogen and oxygen atoms in total. The highest BCUT2D eigenvalue weighted by molar-refractivity contribution is 5.94. The minimum atomic E-state index is -0.378. The third-order valence-electron chi connectivity index (χ3n) is 6.54. The number of amides is 2. The third kappa shape index (κ3) is 5.38. The molecule has 0 atom stereocenters. The number of aromatic nitrogens is 1. The van der Waals surface area contributed by atoms with Gasteiger partial charge < -0.3 is 19.9 Å². The van der Waals surface area contributed by atoms with E-state index in [0.717, 1.165) is 41.5 Å². The molecular formula is C29H29N3O3. The quantitative estimate of drug-likeness (QED) is 0.360. The monoisotopic (exact) mass is 467 g/mol. The number of nitrogens with one attached hydrogen (secondary N) is 2. The van der Waals surface area contributed by atoms with Gasteiger partial charge in [0.05, 0.1) is 0 Å². The largest absolute Gasteiger partial charge is 0.445 e. The Morgan fingerprint density at radius 1 is 0.943 bits per heavy atom. The highest BCUT2D eigenvalue weighted by Gasteiger charge is 2.33. The van der Waals surface area contributed by atoms with Crippen LogP contribution in [0.15, 0.2) is 85.1 Å². The fraction of sp³-hybridized carbons (Fsp3) is 0.241. The normalized spacial score (nSPS) is 16.9. The van der Waals surface area contributed by atoms with Gasteiger partial charge >= 0.3 is 6.09 Å². The Kier molecular flexibility index (Phi) is 6.53. The van der Waals surface area contributed by atoms with Crippen molar-refractivity contribution < 1.29 is 14.3 Å². The van der Waals surface area contributed by atoms with Crippen LogP contribution >= 0.6 is 0 Å². The van der Waals surface area contributed by atoms with Crippen molar-refractivity contribution in [2.24, 2.45) is 0 Å². The predicted molar refractivity (Wildman–Crippen MR) is 137 cm³/mol. The van der Waals surface area contributed by atoms with Gasteiger partial charge in [-0.25, -0.2) is 4.79 Å². The molecule has 0 saturated heterocycles. The van der Waals surface area contributed by atoms with Gasteiger partial charge in [-0.15, -0.1) is 0 Å². The van der Waals surface area contributed by atoms with E-state index in [4.69, 9.17) is 4.74 Å². The second kappa shape index (κ2) is 10.1. The number of carbonyl (C=O) groups is 2. The molecule has 1 aromatic heterocycles. The number of rotatable bonds is 7. The van der Waals surface area contributed by atoms with Crippen LogP contribution in [0.25, 0.3) is 10.9 Å². The Labute approximate surface area is 204 Å². The van der Waals surface area contributed by atoms with Crippen molar-refractivity contribution in [1.29, 1.82) is 0 Å². The summed E-state index contributed by atoms with van der Waals surface area (Å²) in [5, 5.41) is 7.03. The standard InChI is InChI=1S/C29H29N3O3/c1-20(33)30-24-12-13-28-26(16-24)27(18-32(28)17-21-8-4-2-5-9-21)23-14-25(15-23)31-29(34)35-19-22-10-6-3-7-11-22/h2-13,16,18,23,25H,14-15,17,19H2,1H3,(H,30,33)(H,31,34). The highest BCUT2D eigenvalue weighted by atomic mass is 16.5. The Hall–Kier alpha value is -4.06. The molecular weight excluding hydrogens is 438 g/mol. The van der Waals surface area contributed by atoms with Crippen molar-refractivity contribution in [3.05, 3.63) is 102 Å². The molecule has 178 valence electrons. The fourth-order valence-electron chi connectivity index (χ4n) is 4.76. The van der Waals surface area contributed by atoms with Crippen LogP contribution in [0.5, 0.6) is 0 Å². The summed E-state index contributed by atoms with van der Waals surface area (Å²) < 4.78 is 7.64. The molecule has 2 amide bonds. The Balaban J connectivity index is 1.29. The summed E-state index contributed by atoms with van der Waals surface area (Å²) in [7, 11) is 0. The van der Waals surface area contributed by atoms with Crippen LogP contribution in [0.1, 0.15) is 42.4 Å². The number of hydrogen-bond donors (Lipinski definition) is 2. The smallest absolute Gasteiger partial charge is 0.407 e. The molecule has 0 aliphatic heterocycles. The topological polar surface area (TPSA) is 72.4 Å². The zero-order valence-corrected chi connectivity index (χ0v) is 19.7. The molecule has 4 aromatic rings. The van der Waals surface area contributed by atoms with Gasteiger partial charge in [0.25, 0.3) is 0 Å². The third-order valence-corrected chi connectivity index (χ3v) is 6.54. The molecule has 3 aromatic carbocycles. The van der Waals surface area contributed by atoms with Gasteiger partial charge in [0.2, 0.25) is 5.91 Å². The maximum absolute atomic E-state index is 12.3. The van der Waals surface area contributed by atoms with Crippen LogP contribution < -0.4 is 10.6 Å². The van der Waals surface area contributed by atoms with E-state index in [0.29, 0.717) is 5.92 Å². The van der Waals surface area contributed by atoms with Crippen molar-refractivity contribution in [3.8, 4) is 0 Å². The van der Waals surface area contributed by atoms with E-state index in [1.54, 1.807) is 0 Å². The summed E-state index contributed by atoms with van der Waals surface area (Å²) in [5.41, 5.74) is 5.38. The number of anilines is 1. The Morgan fingerprint density at radius 3 is 2.31 bits per heavy atom. The lowest BCUT2D eigenvalue weighted by Gasteiger charge is -2.35. The molecule has 1 fully saturated rings. The van der Waals surface area contributed by atoms with Crippen molar-refractivity contribution in [2.45, 2.75) is 44.9 Å². The molecule has 0 spiro atoms. The SMILES string of the molecule is CC(=O)Nc1ccc2c(c1)c(C1CC(NC(=O)OCc3ccccc3)C1)cn2Cc1ccccc1. The van der Waals surface area contributed by atoms with Crippen molar-refractivity contribution in [3.63, 3.8) is 0 Å². The van der Waals surface area contributed by atoms with Crippen molar-refractivity contribution in [2.75, 3.05) is 5.32 Å². The van der Waals surface area contributed by atoms with Crippen LogP contribution in [-0.2, 0) is 22.7 Å². The van der Waals surface area contributed by atoms with Gasteiger partial charge in [-0.1, -0.05) is 60.7 Å². The first-order valence-electron chi connectivity index (χ1n) is 12.0. The van der Waals surface area contributed by atoms with Gasteiger partial charge in [0.1, 0.15) is 6.61 Å². The first kappa shape index (κ1) is 22.7. The van der Waals surface area contributed by atoms with Gasteiger partial charge in [-0.05, 0) is 53.6 Å². The summed E-state index contributed by atoms with van der Waals surface area (Å²) in [5.74, 6) is 0.248. The number of hydrogen-bond acceptors (Lipinski definition) is 3. The summed E-state index contributed by atoms with van der Waals surface area (Å²) in [6.07, 6.45) is 3.56. The number of nitrogens with zero attached hydrogens (tertiary/aromatic N) is 1. The highest BCUT2D eigenvalue weighted by Crippen LogP contribution is 2.41. The van der Waals surface area contributed by atoms with Crippen molar-refractivity contribution >= 4 is 28.6 Å². The first-order chi connectivity index (χ1) is 17.0. The van der Waals surface area contributed by atoms with E-state index in [-0.39, 0.29) is 24.6 Å². The summed E-state index contributed by atoms with van der Waals surface area (Å²) in [4.78, 5) is 23.9. The maximum Gasteiger partial charge on any atom is 0.407 e. The molecule has 1 aliphatic carbocycles. The number of alkyl carbamates (subject to hydrolysis) is 1. The van der Waals surface area contributed by atoms with Crippen molar-refractivity contribution in [1.82, 2.24) is 9.88 Å². The molecule has 5 rings (SSSR count). The van der Waals surface area contributed by atoms with Crippen LogP contribution in [0, 0.1) is 0 Å². The number of benzene rings is 3. The van der Waals surface area contributed by atoms with E-state index in [1.807, 2.05) is 42.5 Å². The maximum atomic E-state index is 12.3. The Bertz CT molecular complexity index is 1330. The lowest BCUT2D eigenvalue weighted by atomic mass is 9.76.